The van der Waals surface area contributed by atoms with E-state index in [0.29, 0.717) is 17.0 Å². The monoisotopic (exact) mass is 287 g/mol. The first-order valence-corrected chi connectivity index (χ1v) is 6.37. The zero-order valence-corrected chi connectivity index (χ0v) is 12.0. The highest BCUT2D eigenvalue weighted by Gasteiger charge is 2.15. The number of aryl methyl sites for hydroxylation is 1. The Morgan fingerprint density at radius 2 is 2.14 bits per heavy atom. The molecular weight excluding hydrogens is 270 g/mol. The molecule has 1 aromatic heterocycles. The highest BCUT2D eigenvalue weighted by atomic mass is 16.5. The summed E-state index contributed by atoms with van der Waals surface area (Å²) in [5, 5.41) is 13.0. The first-order valence-electron chi connectivity index (χ1n) is 6.37. The lowest BCUT2D eigenvalue weighted by Gasteiger charge is -2.14. The van der Waals surface area contributed by atoms with Crippen molar-refractivity contribution in [3.8, 4) is 5.88 Å². The van der Waals surface area contributed by atoms with Crippen LogP contribution in [0.5, 0.6) is 5.88 Å². The van der Waals surface area contributed by atoms with Crippen molar-refractivity contribution in [1.82, 2.24) is 15.3 Å². The van der Waals surface area contributed by atoms with Gasteiger partial charge in [-0.2, -0.15) is 0 Å². The minimum absolute atomic E-state index is 0.156. The standard InChI is InChI=1S/C15H17N3O3/c1-10(2)11-5-4-6-12(15(19)17-20)13(11)9-21-14-7-8-18(3)16-14/h4-8,20H,1,9H2,2-3H3,(H,17,19). The van der Waals surface area contributed by atoms with E-state index < -0.39 is 5.91 Å². The second-order valence-corrected chi connectivity index (χ2v) is 4.67. The SMILES string of the molecule is C=C(C)c1cccc(C(=O)NO)c1COc1ccn(C)n1. The summed E-state index contributed by atoms with van der Waals surface area (Å²) in [6, 6.07) is 6.94. The third-order valence-electron chi connectivity index (χ3n) is 3.04. The number of allylic oxidation sites excluding steroid dienone is 1. The molecule has 0 aliphatic heterocycles. The lowest BCUT2D eigenvalue weighted by Crippen LogP contribution is -2.21. The third kappa shape index (κ3) is 3.29. The number of carbonyl (C=O) groups excluding carboxylic acids is 1. The first kappa shape index (κ1) is 14.8. The number of hydroxylamine groups is 1. The Hall–Kier alpha value is -2.60. The van der Waals surface area contributed by atoms with Crippen LogP contribution < -0.4 is 10.2 Å². The molecule has 21 heavy (non-hydrogen) atoms. The van der Waals surface area contributed by atoms with Gasteiger partial charge < -0.3 is 4.74 Å². The van der Waals surface area contributed by atoms with E-state index in [1.807, 2.05) is 13.0 Å². The molecular formula is C15H17N3O3. The number of hydrogen-bond acceptors (Lipinski definition) is 4. The van der Waals surface area contributed by atoms with E-state index in [1.165, 1.54) is 0 Å². The van der Waals surface area contributed by atoms with Crippen molar-refractivity contribution in [2.24, 2.45) is 7.05 Å². The fourth-order valence-corrected chi connectivity index (χ4v) is 2.03. The van der Waals surface area contributed by atoms with Crippen LogP contribution in [-0.2, 0) is 13.7 Å². The van der Waals surface area contributed by atoms with Gasteiger partial charge in [0.25, 0.3) is 5.91 Å². The summed E-state index contributed by atoms with van der Waals surface area (Å²) in [7, 11) is 1.79. The molecule has 0 atom stereocenters. The summed E-state index contributed by atoms with van der Waals surface area (Å²) < 4.78 is 7.23. The predicted octanol–water partition coefficient (Wildman–Crippen LogP) is 2.15. The topological polar surface area (TPSA) is 76.4 Å². The fraction of sp³-hybridized carbons (Fsp3) is 0.200. The third-order valence-corrected chi connectivity index (χ3v) is 3.04. The van der Waals surface area contributed by atoms with Gasteiger partial charge in [-0.25, -0.2) is 5.48 Å². The minimum atomic E-state index is -0.585. The molecule has 6 nitrogen and oxygen atoms in total. The summed E-state index contributed by atoms with van der Waals surface area (Å²) in [4.78, 5) is 11.8. The average Bonchev–Trinajstić information content (AvgIpc) is 2.89. The highest BCUT2D eigenvalue weighted by molar-refractivity contribution is 5.96. The molecule has 110 valence electrons. The lowest BCUT2D eigenvalue weighted by atomic mass is 9.97. The van der Waals surface area contributed by atoms with Crippen LogP contribution >= 0.6 is 0 Å². The molecule has 1 heterocycles. The molecule has 0 saturated carbocycles. The van der Waals surface area contributed by atoms with Crippen LogP contribution in [0.1, 0.15) is 28.4 Å². The number of ether oxygens (including phenoxy) is 1. The molecule has 0 unspecified atom stereocenters. The molecule has 1 aromatic carbocycles. The Morgan fingerprint density at radius 1 is 1.43 bits per heavy atom. The van der Waals surface area contributed by atoms with Crippen LogP contribution in [0.15, 0.2) is 37.0 Å². The van der Waals surface area contributed by atoms with E-state index in [2.05, 4.69) is 11.7 Å². The largest absolute Gasteiger partial charge is 0.472 e. The van der Waals surface area contributed by atoms with Gasteiger partial charge in [0.2, 0.25) is 5.88 Å². The van der Waals surface area contributed by atoms with Gasteiger partial charge in [-0.15, -0.1) is 5.10 Å². The summed E-state index contributed by atoms with van der Waals surface area (Å²) in [5.41, 5.74) is 4.26. The Morgan fingerprint density at radius 3 is 2.71 bits per heavy atom. The summed E-state index contributed by atoms with van der Waals surface area (Å²) in [5.74, 6) is -0.123. The van der Waals surface area contributed by atoms with Crippen molar-refractivity contribution in [2.75, 3.05) is 0 Å². The van der Waals surface area contributed by atoms with E-state index >= 15 is 0 Å². The number of hydrogen-bond donors (Lipinski definition) is 2. The molecule has 0 aliphatic rings. The summed E-state index contributed by atoms with van der Waals surface area (Å²) in [6.45, 7) is 5.90. The molecule has 6 heteroatoms. The number of nitrogens with zero attached hydrogens (tertiary/aromatic N) is 2. The Balaban J connectivity index is 2.34. The van der Waals surface area contributed by atoms with Crippen LogP contribution in [0.3, 0.4) is 0 Å². The van der Waals surface area contributed by atoms with Crippen LogP contribution in [0.4, 0.5) is 0 Å². The van der Waals surface area contributed by atoms with Crippen LogP contribution in [-0.4, -0.2) is 20.9 Å². The molecule has 0 spiro atoms. The quantitative estimate of drug-likeness (QED) is 0.652. The van der Waals surface area contributed by atoms with E-state index in [4.69, 9.17) is 9.94 Å². The van der Waals surface area contributed by atoms with Gasteiger partial charge in [-0.1, -0.05) is 24.3 Å². The second-order valence-electron chi connectivity index (χ2n) is 4.67. The Labute approximate surface area is 122 Å². The van der Waals surface area contributed by atoms with Gasteiger partial charge in [-0.3, -0.25) is 14.7 Å². The van der Waals surface area contributed by atoms with E-state index in [1.54, 1.807) is 41.6 Å². The van der Waals surface area contributed by atoms with Crippen molar-refractivity contribution in [1.29, 1.82) is 0 Å². The van der Waals surface area contributed by atoms with E-state index in [0.717, 1.165) is 11.1 Å². The lowest BCUT2D eigenvalue weighted by molar-refractivity contribution is 0.0703. The summed E-state index contributed by atoms with van der Waals surface area (Å²) >= 11 is 0. The van der Waals surface area contributed by atoms with Crippen molar-refractivity contribution in [2.45, 2.75) is 13.5 Å². The van der Waals surface area contributed by atoms with Gasteiger partial charge >= 0.3 is 0 Å². The molecule has 2 rings (SSSR count). The van der Waals surface area contributed by atoms with Crippen LogP contribution in [0.25, 0.3) is 5.57 Å². The molecule has 0 saturated heterocycles. The van der Waals surface area contributed by atoms with Gasteiger partial charge in [-0.05, 0) is 18.6 Å². The summed E-state index contributed by atoms with van der Waals surface area (Å²) in [6.07, 6.45) is 1.77. The van der Waals surface area contributed by atoms with Crippen molar-refractivity contribution < 1.29 is 14.7 Å². The zero-order valence-electron chi connectivity index (χ0n) is 12.0. The average molecular weight is 287 g/mol. The van der Waals surface area contributed by atoms with Crippen molar-refractivity contribution >= 4 is 11.5 Å². The van der Waals surface area contributed by atoms with Gasteiger partial charge in [0.05, 0.1) is 0 Å². The van der Waals surface area contributed by atoms with Crippen LogP contribution in [0.2, 0.25) is 0 Å². The van der Waals surface area contributed by atoms with Crippen molar-refractivity contribution in [3.63, 3.8) is 0 Å². The number of nitrogens with one attached hydrogen (secondary N) is 1. The van der Waals surface area contributed by atoms with E-state index in [-0.39, 0.29) is 6.61 Å². The molecule has 0 fully saturated rings. The number of rotatable bonds is 5. The number of benzene rings is 1. The predicted molar refractivity (Wildman–Crippen MR) is 77.9 cm³/mol. The molecule has 2 aromatic rings. The van der Waals surface area contributed by atoms with Gasteiger partial charge in [0.15, 0.2) is 0 Å². The van der Waals surface area contributed by atoms with Crippen molar-refractivity contribution in [3.05, 3.63) is 53.7 Å². The minimum Gasteiger partial charge on any atom is -0.472 e. The fourth-order valence-electron chi connectivity index (χ4n) is 2.03. The maximum Gasteiger partial charge on any atom is 0.275 e. The first-order chi connectivity index (χ1) is 10.0. The molecule has 0 bridgehead atoms. The van der Waals surface area contributed by atoms with Gasteiger partial charge in [0, 0.05) is 30.4 Å². The maximum atomic E-state index is 11.8. The van der Waals surface area contributed by atoms with Crippen LogP contribution in [0, 0.1) is 0 Å². The number of aromatic nitrogens is 2. The Kier molecular flexibility index (Phi) is 4.39. The number of amides is 1. The molecule has 0 aliphatic carbocycles. The second kappa shape index (κ2) is 6.23. The smallest absolute Gasteiger partial charge is 0.275 e. The zero-order chi connectivity index (χ0) is 15.4. The maximum absolute atomic E-state index is 11.8. The van der Waals surface area contributed by atoms with Gasteiger partial charge in [0.1, 0.15) is 6.61 Å². The Bertz CT molecular complexity index is 677. The highest BCUT2D eigenvalue weighted by Crippen LogP contribution is 2.23. The molecule has 2 N–H and O–H groups in total. The number of carbonyl (C=O) groups is 1. The van der Waals surface area contributed by atoms with E-state index in [9.17, 15) is 4.79 Å². The normalized spacial score (nSPS) is 10.2. The molecule has 0 radical (unpaired) electrons. The molecule has 1 amide bonds.